The minimum atomic E-state index is -0.0273. The van der Waals surface area contributed by atoms with Crippen LogP contribution in [0, 0.1) is 11.3 Å². The molecule has 0 heterocycles. The third kappa shape index (κ3) is 3.57. The summed E-state index contributed by atoms with van der Waals surface area (Å²) in [6.45, 7) is 3.42. The molecule has 0 spiro atoms. The molecule has 3 nitrogen and oxygen atoms in total. The summed E-state index contributed by atoms with van der Waals surface area (Å²) in [5.74, 6) is 0.522. The summed E-state index contributed by atoms with van der Waals surface area (Å²) in [4.78, 5) is 0. The standard InChI is InChI=1S/C11H12Cl2N2O/c1-2-15-7-8-5-9(12)6-10(13)11(8)16-4-3-14/h5-6,15H,2,4,7H2,1H3. The second-order valence-corrected chi connectivity index (χ2v) is 3.95. The van der Waals surface area contributed by atoms with Crippen LogP contribution in [0.2, 0.25) is 10.0 Å². The second-order valence-electron chi connectivity index (χ2n) is 3.10. The second kappa shape index (κ2) is 6.59. The Morgan fingerprint density at radius 2 is 2.19 bits per heavy atom. The van der Waals surface area contributed by atoms with Crippen LogP contribution in [0.1, 0.15) is 12.5 Å². The lowest BCUT2D eigenvalue weighted by molar-refractivity contribution is 0.363. The lowest BCUT2D eigenvalue weighted by Crippen LogP contribution is -2.13. The van der Waals surface area contributed by atoms with Gasteiger partial charge >= 0.3 is 0 Å². The molecule has 16 heavy (non-hydrogen) atoms. The zero-order valence-corrected chi connectivity index (χ0v) is 10.4. The summed E-state index contributed by atoms with van der Waals surface area (Å²) in [5.41, 5.74) is 0.856. The Kier molecular flexibility index (Phi) is 5.41. The largest absolute Gasteiger partial charge is 0.477 e. The number of benzene rings is 1. The average molecular weight is 259 g/mol. The van der Waals surface area contributed by atoms with Crippen molar-refractivity contribution < 1.29 is 4.74 Å². The number of nitrogens with zero attached hydrogens (tertiary/aromatic N) is 1. The predicted molar refractivity (Wildman–Crippen MR) is 65.0 cm³/mol. The molecular weight excluding hydrogens is 247 g/mol. The van der Waals surface area contributed by atoms with Gasteiger partial charge in [0.15, 0.2) is 6.61 Å². The van der Waals surface area contributed by atoms with Crippen LogP contribution in [0.5, 0.6) is 5.75 Å². The highest BCUT2D eigenvalue weighted by Crippen LogP contribution is 2.32. The molecule has 86 valence electrons. The van der Waals surface area contributed by atoms with Crippen molar-refractivity contribution >= 4 is 23.2 Å². The van der Waals surface area contributed by atoms with Gasteiger partial charge in [0.05, 0.1) is 5.02 Å². The number of nitrogens with one attached hydrogen (secondary N) is 1. The highest BCUT2D eigenvalue weighted by atomic mass is 35.5. The van der Waals surface area contributed by atoms with Crippen LogP contribution in [0.3, 0.4) is 0 Å². The lowest BCUT2D eigenvalue weighted by atomic mass is 10.2. The van der Waals surface area contributed by atoms with Gasteiger partial charge in [-0.05, 0) is 18.7 Å². The van der Waals surface area contributed by atoms with E-state index < -0.39 is 0 Å². The van der Waals surface area contributed by atoms with Gasteiger partial charge in [0.2, 0.25) is 0 Å². The Morgan fingerprint density at radius 1 is 1.44 bits per heavy atom. The van der Waals surface area contributed by atoms with Gasteiger partial charge in [-0.2, -0.15) is 5.26 Å². The summed E-state index contributed by atoms with van der Waals surface area (Å²) in [6.07, 6.45) is 0. The third-order valence-electron chi connectivity index (χ3n) is 1.93. The Morgan fingerprint density at radius 3 is 2.81 bits per heavy atom. The number of rotatable bonds is 5. The van der Waals surface area contributed by atoms with E-state index >= 15 is 0 Å². The molecule has 1 N–H and O–H groups in total. The number of hydrogen-bond donors (Lipinski definition) is 1. The smallest absolute Gasteiger partial charge is 0.174 e. The first-order valence-electron chi connectivity index (χ1n) is 4.87. The monoisotopic (exact) mass is 258 g/mol. The Bertz CT molecular complexity index is 402. The normalized spacial score (nSPS) is 9.88. The van der Waals surface area contributed by atoms with Crippen molar-refractivity contribution in [3.63, 3.8) is 0 Å². The van der Waals surface area contributed by atoms with E-state index in [0.29, 0.717) is 22.3 Å². The minimum absolute atomic E-state index is 0.0273. The van der Waals surface area contributed by atoms with Crippen molar-refractivity contribution in [1.29, 1.82) is 5.26 Å². The molecule has 0 unspecified atom stereocenters. The first-order valence-corrected chi connectivity index (χ1v) is 5.63. The number of ether oxygens (including phenoxy) is 1. The molecule has 0 saturated heterocycles. The maximum absolute atomic E-state index is 8.48. The Labute approximate surface area is 105 Å². The Balaban J connectivity index is 2.96. The van der Waals surface area contributed by atoms with Gasteiger partial charge < -0.3 is 10.1 Å². The molecule has 0 aliphatic rings. The van der Waals surface area contributed by atoms with E-state index in [1.54, 1.807) is 12.1 Å². The van der Waals surface area contributed by atoms with Crippen molar-refractivity contribution in [2.45, 2.75) is 13.5 Å². The zero-order valence-electron chi connectivity index (χ0n) is 8.89. The van der Waals surface area contributed by atoms with Gasteiger partial charge in [0.1, 0.15) is 11.8 Å². The highest BCUT2D eigenvalue weighted by Gasteiger charge is 2.10. The predicted octanol–water partition coefficient (Wildman–Crippen LogP) is 3.01. The molecule has 0 saturated carbocycles. The third-order valence-corrected chi connectivity index (χ3v) is 2.43. The van der Waals surface area contributed by atoms with Crippen molar-refractivity contribution in [1.82, 2.24) is 5.32 Å². The van der Waals surface area contributed by atoms with E-state index in [-0.39, 0.29) is 6.61 Å². The van der Waals surface area contributed by atoms with E-state index in [9.17, 15) is 0 Å². The first kappa shape index (κ1) is 13.1. The van der Waals surface area contributed by atoms with Crippen molar-refractivity contribution in [2.24, 2.45) is 0 Å². The zero-order chi connectivity index (χ0) is 12.0. The number of halogens is 2. The van der Waals surface area contributed by atoms with Gasteiger partial charge in [0.25, 0.3) is 0 Å². The van der Waals surface area contributed by atoms with Crippen molar-refractivity contribution in [3.05, 3.63) is 27.7 Å². The van der Waals surface area contributed by atoms with Crippen molar-refractivity contribution in [3.8, 4) is 11.8 Å². The molecule has 1 aromatic rings. The molecule has 0 aliphatic heterocycles. The van der Waals surface area contributed by atoms with Crippen LogP contribution < -0.4 is 10.1 Å². The van der Waals surface area contributed by atoms with Gasteiger partial charge in [0, 0.05) is 17.1 Å². The summed E-state index contributed by atoms with van der Waals surface area (Å²) in [7, 11) is 0. The summed E-state index contributed by atoms with van der Waals surface area (Å²) in [6, 6.07) is 5.29. The fourth-order valence-corrected chi connectivity index (χ4v) is 1.86. The van der Waals surface area contributed by atoms with Crippen LogP contribution in [0.25, 0.3) is 0 Å². The SMILES string of the molecule is CCNCc1cc(Cl)cc(Cl)c1OCC#N. The molecule has 1 rings (SSSR count). The fourth-order valence-electron chi connectivity index (χ4n) is 1.27. The minimum Gasteiger partial charge on any atom is -0.477 e. The van der Waals surface area contributed by atoms with E-state index in [2.05, 4.69) is 5.32 Å². The molecule has 0 aromatic heterocycles. The summed E-state index contributed by atoms with van der Waals surface area (Å²) < 4.78 is 5.28. The fraction of sp³-hybridized carbons (Fsp3) is 0.364. The van der Waals surface area contributed by atoms with Gasteiger partial charge in [-0.25, -0.2) is 0 Å². The Hall–Kier alpha value is -0.950. The molecule has 0 atom stereocenters. The maximum Gasteiger partial charge on any atom is 0.174 e. The highest BCUT2D eigenvalue weighted by molar-refractivity contribution is 6.35. The van der Waals surface area contributed by atoms with E-state index in [4.69, 9.17) is 33.2 Å². The van der Waals surface area contributed by atoms with E-state index in [0.717, 1.165) is 12.1 Å². The first-order chi connectivity index (χ1) is 7.69. The van der Waals surface area contributed by atoms with Gasteiger partial charge in [-0.1, -0.05) is 30.1 Å². The quantitative estimate of drug-likeness (QED) is 0.884. The number of nitriles is 1. The van der Waals surface area contributed by atoms with Crippen LogP contribution >= 0.6 is 23.2 Å². The molecule has 0 radical (unpaired) electrons. The molecular formula is C11H12Cl2N2O. The number of hydrogen-bond acceptors (Lipinski definition) is 3. The summed E-state index contributed by atoms with van der Waals surface area (Å²) in [5, 5.41) is 12.6. The van der Waals surface area contributed by atoms with Gasteiger partial charge in [-0.3, -0.25) is 0 Å². The van der Waals surface area contributed by atoms with Crippen LogP contribution in [-0.4, -0.2) is 13.2 Å². The topological polar surface area (TPSA) is 45.0 Å². The molecule has 0 aliphatic carbocycles. The summed E-state index contributed by atoms with van der Waals surface area (Å²) >= 11 is 11.9. The van der Waals surface area contributed by atoms with E-state index in [1.807, 2.05) is 13.0 Å². The molecule has 5 heteroatoms. The van der Waals surface area contributed by atoms with Crippen LogP contribution in [0.15, 0.2) is 12.1 Å². The molecule has 0 fully saturated rings. The van der Waals surface area contributed by atoms with Crippen LogP contribution in [0.4, 0.5) is 0 Å². The molecule has 1 aromatic carbocycles. The van der Waals surface area contributed by atoms with E-state index in [1.165, 1.54) is 0 Å². The average Bonchev–Trinajstić information content (AvgIpc) is 2.24. The lowest BCUT2D eigenvalue weighted by Gasteiger charge is -2.12. The van der Waals surface area contributed by atoms with Crippen molar-refractivity contribution in [2.75, 3.05) is 13.2 Å². The molecule has 0 amide bonds. The molecule has 0 bridgehead atoms. The van der Waals surface area contributed by atoms with Gasteiger partial charge in [-0.15, -0.1) is 0 Å². The maximum atomic E-state index is 8.48. The van der Waals surface area contributed by atoms with Crippen LogP contribution in [-0.2, 0) is 6.54 Å².